The van der Waals surface area contributed by atoms with E-state index in [1.54, 1.807) is 58.5 Å². The maximum absolute atomic E-state index is 13.6. The van der Waals surface area contributed by atoms with Gasteiger partial charge in [-0.15, -0.1) is 0 Å². The molecule has 48 heavy (non-hydrogen) atoms. The second-order valence-electron chi connectivity index (χ2n) is 13.2. The number of likely N-dealkylation sites (tertiary alicyclic amines) is 2. The van der Waals surface area contributed by atoms with Crippen LogP contribution >= 0.6 is 11.6 Å². The number of carbonyl (C=O) groups is 2. The number of piperidine rings is 2. The number of para-hydroxylation sites is 1. The molecular formula is C34H40ClN7O5S. The highest BCUT2D eigenvalue weighted by Crippen LogP contribution is 2.36. The van der Waals surface area contributed by atoms with E-state index in [0.717, 1.165) is 12.8 Å². The molecule has 3 amide bonds. The second-order valence-corrected chi connectivity index (χ2v) is 15.4. The first kappa shape index (κ1) is 33.5. The van der Waals surface area contributed by atoms with Gasteiger partial charge in [0.05, 0.1) is 27.3 Å². The molecule has 0 bridgehead atoms. The first-order valence-electron chi connectivity index (χ1n) is 16.1. The van der Waals surface area contributed by atoms with Crippen LogP contribution < -0.4 is 10.6 Å². The van der Waals surface area contributed by atoms with Gasteiger partial charge in [0.25, 0.3) is 10.0 Å². The van der Waals surface area contributed by atoms with Gasteiger partial charge in [0, 0.05) is 55.4 Å². The van der Waals surface area contributed by atoms with Crippen LogP contribution in [0.3, 0.4) is 0 Å². The van der Waals surface area contributed by atoms with Gasteiger partial charge in [0.1, 0.15) is 5.60 Å². The number of anilines is 1. The summed E-state index contributed by atoms with van der Waals surface area (Å²) >= 11 is 6.62. The lowest BCUT2D eigenvalue weighted by atomic mass is 10.0. The number of carbonyl (C=O) groups excluding carboxylic acids is 2. The number of nitrogens with zero attached hydrogens (tertiary/aromatic N) is 5. The van der Waals surface area contributed by atoms with Crippen molar-refractivity contribution in [3.8, 4) is 11.3 Å². The summed E-state index contributed by atoms with van der Waals surface area (Å²) in [5.41, 5.74) is 0.912. The van der Waals surface area contributed by atoms with Crippen molar-refractivity contribution in [2.75, 3.05) is 31.5 Å². The summed E-state index contributed by atoms with van der Waals surface area (Å²) in [6.07, 6.45) is 5.65. The molecule has 6 rings (SSSR count). The molecule has 0 saturated carbocycles. The van der Waals surface area contributed by atoms with Gasteiger partial charge in [-0.2, -0.15) is 0 Å². The first-order valence-corrected chi connectivity index (χ1v) is 17.9. The molecule has 0 aliphatic carbocycles. The lowest BCUT2D eigenvalue weighted by molar-refractivity contribution is 0.0200. The average molecular weight is 694 g/mol. The number of hydrogen-bond acceptors (Lipinski definition) is 8. The highest BCUT2D eigenvalue weighted by atomic mass is 35.5. The molecule has 1 atom stereocenters. The summed E-state index contributed by atoms with van der Waals surface area (Å²) in [5.74, 6) is 0.332. The van der Waals surface area contributed by atoms with E-state index in [9.17, 15) is 18.0 Å². The molecule has 254 valence electrons. The van der Waals surface area contributed by atoms with Crippen LogP contribution in [0.4, 0.5) is 15.5 Å². The van der Waals surface area contributed by atoms with Gasteiger partial charge >= 0.3 is 12.1 Å². The van der Waals surface area contributed by atoms with Gasteiger partial charge in [-0.1, -0.05) is 48.0 Å². The molecule has 0 spiro atoms. The smallest absolute Gasteiger partial charge is 0.410 e. The molecule has 2 saturated heterocycles. The molecule has 0 radical (unpaired) electrons. The Morgan fingerprint density at radius 1 is 0.938 bits per heavy atom. The number of fused-ring (bicyclic) bond motifs is 1. The number of urea groups is 1. The molecule has 2 aromatic heterocycles. The molecule has 2 aliphatic rings. The zero-order valence-corrected chi connectivity index (χ0v) is 28.8. The van der Waals surface area contributed by atoms with E-state index in [2.05, 4.69) is 15.6 Å². The molecule has 1 unspecified atom stereocenters. The number of rotatable bonds is 6. The Labute approximate surface area is 285 Å². The summed E-state index contributed by atoms with van der Waals surface area (Å²) in [7, 11) is -3.89. The van der Waals surface area contributed by atoms with Crippen molar-refractivity contribution in [3.05, 3.63) is 72.0 Å². The Balaban J connectivity index is 1.13. The predicted octanol–water partition coefficient (Wildman–Crippen LogP) is 5.97. The molecule has 4 aromatic rings. The number of halogens is 1. The number of amides is 3. The molecule has 2 N–H and O–H groups in total. The maximum Gasteiger partial charge on any atom is 0.410 e. The molecule has 2 fully saturated rings. The molecule has 2 aliphatic heterocycles. The summed E-state index contributed by atoms with van der Waals surface area (Å²) in [5, 5.41) is 7.47. The average Bonchev–Trinajstić information content (AvgIpc) is 3.46. The van der Waals surface area contributed by atoms with Crippen LogP contribution in [-0.2, 0) is 14.8 Å². The number of hydrogen-bond donors (Lipinski definition) is 2. The minimum atomic E-state index is -3.89. The van der Waals surface area contributed by atoms with E-state index in [4.69, 9.17) is 21.3 Å². The maximum atomic E-state index is 13.6. The van der Waals surface area contributed by atoms with Crippen molar-refractivity contribution >= 4 is 50.6 Å². The quantitative estimate of drug-likeness (QED) is 0.252. The van der Waals surface area contributed by atoms with Crippen LogP contribution in [0, 0.1) is 0 Å². The van der Waals surface area contributed by atoms with E-state index < -0.39 is 15.6 Å². The third kappa shape index (κ3) is 7.36. The molecule has 2 aromatic carbocycles. The highest BCUT2D eigenvalue weighted by molar-refractivity contribution is 7.90. The number of benzene rings is 2. The van der Waals surface area contributed by atoms with E-state index in [0.29, 0.717) is 67.1 Å². The van der Waals surface area contributed by atoms with Crippen molar-refractivity contribution in [2.24, 2.45) is 0 Å². The van der Waals surface area contributed by atoms with Crippen LogP contribution in [0.1, 0.15) is 46.5 Å². The van der Waals surface area contributed by atoms with Crippen molar-refractivity contribution in [2.45, 2.75) is 69.0 Å². The minimum absolute atomic E-state index is 0.0282. The third-order valence-corrected chi connectivity index (χ3v) is 10.5. The Morgan fingerprint density at radius 3 is 2.38 bits per heavy atom. The zero-order chi connectivity index (χ0) is 34.1. The van der Waals surface area contributed by atoms with Crippen molar-refractivity contribution in [1.82, 2.24) is 29.1 Å². The SMILES string of the molecule is CC(C)(C)OC(=O)N1CCC(NC(=O)N2CCCC(Nc3ncc(Cl)c(-c4cn(S(=O)(=O)c5ccccc5)c5ccccc45)n3)C2)CC1. The standard InChI is InChI=1S/C34H40ClN7O5S/c1-34(2,3)47-33(44)40-18-15-23(16-19-40)38-32(43)41-17-9-10-24(21-41)37-31-36-20-28(35)30(39-31)27-22-42(29-14-8-7-13-26(27)29)48(45,46)25-11-5-4-6-12-25/h4-8,11-14,20,22-24H,9-10,15-19,21H2,1-3H3,(H,38,43)(H,36,37,39). The van der Waals surface area contributed by atoms with Crippen LogP contribution in [0.25, 0.3) is 22.2 Å². The van der Waals surface area contributed by atoms with Crippen LogP contribution in [0.15, 0.2) is 71.9 Å². The van der Waals surface area contributed by atoms with E-state index in [1.165, 1.54) is 10.2 Å². The Kier molecular flexibility index (Phi) is 9.53. The highest BCUT2D eigenvalue weighted by Gasteiger charge is 2.30. The Morgan fingerprint density at radius 2 is 1.65 bits per heavy atom. The molecular weight excluding hydrogens is 654 g/mol. The summed E-state index contributed by atoms with van der Waals surface area (Å²) < 4.78 is 34.0. The monoisotopic (exact) mass is 693 g/mol. The lowest BCUT2D eigenvalue weighted by Crippen LogP contribution is -2.54. The van der Waals surface area contributed by atoms with Gasteiger partial charge in [-0.25, -0.2) is 31.9 Å². The topological polar surface area (TPSA) is 139 Å². The minimum Gasteiger partial charge on any atom is -0.444 e. The first-order chi connectivity index (χ1) is 22.9. The van der Waals surface area contributed by atoms with Crippen molar-refractivity contribution < 1.29 is 22.7 Å². The van der Waals surface area contributed by atoms with Crippen LogP contribution in [0.2, 0.25) is 5.02 Å². The second kappa shape index (κ2) is 13.6. The summed E-state index contributed by atoms with van der Waals surface area (Å²) in [6.45, 7) is 7.67. The van der Waals surface area contributed by atoms with Gasteiger partial charge < -0.3 is 25.2 Å². The van der Waals surface area contributed by atoms with Crippen LogP contribution in [-0.4, -0.2) is 88.1 Å². The zero-order valence-electron chi connectivity index (χ0n) is 27.2. The van der Waals surface area contributed by atoms with Gasteiger partial charge in [-0.3, -0.25) is 0 Å². The normalized spacial score (nSPS) is 17.7. The summed E-state index contributed by atoms with van der Waals surface area (Å²) in [6, 6.07) is 15.2. The van der Waals surface area contributed by atoms with E-state index >= 15 is 0 Å². The summed E-state index contributed by atoms with van der Waals surface area (Å²) in [4.78, 5) is 38.4. The fraction of sp³-hybridized carbons (Fsp3) is 0.412. The van der Waals surface area contributed by atoms with E-state index in [-0.39, 0.29) is 34.1 Å². The lowest BCUT2D eigenvalue weighted by Gasteiger charge is -2.37. The molecule has 12 nitrogen and oxygen atoms in total. The largest absolute Gasteiger partial charge is 0.444 e. The Bertz CT molecular complexity index is 1900. The number of nitrogens with one attached hydrogen (secondary N) is 2. The number of aromatic nitrogens is 3. The van der Waals surface area contributed by atoms with Gasteiger partial charge in [-0.05, 0) is 64.7 Å². The fourth-order valence-electron chi connectivity index (χ4n) is 6.13. The molecule has 4 heterocycles. The van der Waals surface area contributed by atoms with Gasteiger partial charge in [0.2, 0.25) is 5.95 Å². The fourth-order valence-corrected chi connectivity index (χ4v) is 7.71. The van der Waals surface area contributed by atoms with Gasteiger partial charge in [0.15, 0.2) is 0 Å². The van der Waals surface area contributed by atoms with Crippen LogP contribution in [0.5, 0.6) is 0 Å². The van der Waals surface area contributed by atoms with Crippen molar-refractivity contribution in [3.63, 3.8) is 0 Å². The Hall–Kier alpha value is -4.36. The number of ether oxygens (including phenoxy) is 1. The predicted molar refractivity (Wildman–Crippen MR) is 185 cm³/mol. The third-order valence-electron chi connectivity index (χ3n) is 8.49. The van der Waals surface area contributed by atoms with Crippen molar-refractivity contribution in [1.29, 1.82) is 0 Å². The molecule has 14 heteroatoms. The van der Waals surface area contributed by atoms with E-state index in [1.807, 2.05) is 32.9 Å².